The van der Waals surface area contributed by atoms with E-state index in [-0.39, 0.29) is 11.3 Å². The first kappa shape index (κ1) is 15.4. The number of nitrogens with zero attached hydrogens (tertiary/aromatic N) is 2. The van der Waals surface area contributed by atoms with Gasteiger partial charge in [0, 0.05) is 11.1 Å². The van der Waals surface area contributed by atoms with Gasteiger partial charge in [0.1, 0.15) is 0 Å². The first-order valence-corrected chi connectivity index (χ1v) is 7.24. The van der Waals surface area contributed by atoms with E-state index in [1.54, 1.807) is 43.3 Å². The van der Waals surface area contributed by atoms with Crippen LogP contribution in [0, 0.1) is 0 Å². The Morgan fingerprint density at radius 1 is 1.17 bits per heavy atom. The summed E-state index contributed by atoms with van der Waals surface area (Å²) in [5.74, 6) is -0.509. The maximum absolute atomic E-state index is 12.3. The van der Waals surface area contributed by atoms with Crippen molar-refractivity contribution in [2.24, 2.45) is 5.10 Å². The highest BCUT2D eigenvalue weighted by Gasteiger charge is 2.13. The van der Waals surface area contributed by atoms with Crippen LogP contribution >= 0.6 is 0 Å². The molecule has 0 unspecified atom stereocenters. The van der Waals surface area contributed by atoms with E-state index in [0.29, 0.717) is 22.2 Å². The van der Waals surface area contributed by atoms with E-state index in [4.69, 9.17) is 5.73 Å². The lowest BCUT2D eigenvalue weighted by molar-refractivity contribution is 0.0950. The predicted molar refractivity (Wildman–Crippen MR) is 92.9 cm³/mol. The Labute approximate surface area is 137 Å². The molecule has 0 aliphatic heterocycles. The van der Waals surface area contributed by atoms with Crippen molar-refractivity contribution in [3.05, 3.63) is 70.1 Å². The average molecular weight is 321 g/mol. The number of carbonyl (C=O) groups excluding carboxylic acids is 1. The number of nitrogen functional groups attached to an aromatic ring is 1. The Balaban J connectivity index is 1.90. The molecule has 7 heteroatoms. The fraction of sp³-hybridized carbons (Fsp3) is 0.0588. The summed E-state index contributed by atoms with van der Waals surface area (Å²) in [6, 6.07) is 13.9. The summed E-state index contributed by atoms with van der Waals surface area (Å²) in [6.45, 7) is 1.76. The normalized spacial score (nSPS) is 11.5. The lowest BCUT2D eigenvalue weighted by Crippen LogP contribution is -2.23. The molecule has 0 bridgehead atoms. The van der Waals surface area contributed by atoms with E-state index in [1.165, 1.54) is 0 Å². The average Bonchev–Trinajstić information content (AvgIpc) is 2.60. The van der Waals surface area contributed by atoms with Gasteiger partial charge in [0.2, 0.25) is 0 Å². The van der Waals surface area contributed by atoms with E-state index in [1.807, 2.05) is 12.1 Å². The highest BCUT2D eigenvalue weighted by molar-refractivity contribution is 6.06. The smallest absolute Gasteiger partial charge is 0.292 e. The molecule has 0 spiro atoms. The minimum Gasteiger partial charge on any atom is -0.399 e. The fourth-order valence-corrected chi connectivity index (χ4v) is 2.30. The van der Waals surface area contributed by atoms with Gasteiger partial charge in [-0.05, 0) is 30.7 Å². The largest absolute Gasteiger partial charge is 0.399 e. The molecular weight excluding hydrogens is 306 g/mol. The van der Waals surface area contributed by atoms with Gasteiger partial charge in [0.05, 0.1) is 11.1 Å². The topological polar surface area (TPSA) is 113 Å². The molecule has 1 heterocycles. The van der Waals surface area contributed by atoms with Crippen LogP contribution in [-0.4, -0.2) is 21.8 Å². The molecule has 0 fully saturated rings. The van der Waals surface area contributed by atoms with Gasteiger partial charge in [-0.1, -0.05) is 30.3 Å². The maximum atomic E-state index is 12.3. The maximum Gasteiger partial charge on any atom is 0.292 e. The molecule has 2 aromatic carbocycles. The summed E-state index contributed by atoms with van der Waals surface area (Å²) in [7, 11) is 0. The lowest BCUT2D eigenvalue weighted by Gasteiger charge is -2.05. The van der Waals surface area contributed by atoms with Gasteiger partial charge in [-0.15, -0.1) is 0 Å². The third-order valence-electron chi connectivity index (χ3n) is 3.54. The number of hydrazone groups is 1. The van der Waals surface area contributed by atoms with Crippen molar-refractivity contribution in [2.45, 2.75) is 6.92 Å². The quantitative estimate of drug-likeness (QED) is 0.387. The third kappa shape index (κ3) is 3.00. The van der Waals surface area contributed by atoms with E-state index in [2.05, 4.69) is 20.7 Å². The lowest BCUT2D eigenvalue weighted by atomic mass is 10.1. The van der Waals surface area contributed by atoms with Crippen molar-refractivity contribution < 1.29 is 4.79 Å². The number of aromatic amines is 1. The number of anilines is 1. The van der Waals surface area contributed by atoms with Crippen molar-refractivity contribution in [2.75, 3.05) is 5.73 Å². The van der Waals surface area contributed by atoms with Crippen LogP contribution < -0.4 is 16.7 Å². The first-order valence-electron chi connectivity index (χ1n) is 7.24. The number of hydrogen-bond donors (Lipinski definition) is 3. The minimum atomic E-state index is -0.509. The Morgan fingerprint density at radius 3 is 2.67 bits per heavy atom. The Kier molecular flexibility index (Phi) is 4.07. The van der Waals surface area contributed by atoms with Crippen molar-refractivity contribution in [1.82, 2.24) is 15.6 Å². The van der Waals surface area contributed by atoms with Gasteiger partial charge in [-0.3, -0.25) is 9.59 Å². The standard InChI is InChI=1S/C17H15N5O2/c1-10(11-5-4-6-12(18)9-11)19-22-17(24)15-13-7-2-3-8-14(13)16(23)21-20-15/h2-9H,18H2,1H3,(H,21,23)(H,22,24)/b19-10-. The second-order valence-electron chi connectivity index (χ2n) is 5.21. The molecule has 0 atom stereocenters. The number of nitrogens with one attached hydrogen (secondary N) is 2. The molecule has 0 radical (unpaired) electrons. The van der Waals surface area contributed by atoms with Gasteiger partial charge in [-0.25, -0.2) is 10.5 Å². The highest BCUT2D eigenvalue weighted by atomic mass is 16.2. The SMILES string of the molecule is C/C(=N/NC(=O)c1n[nH]c(=O)c2ccccc12)c1cccc(N)c1. The summed E-state index contributed by atoms with van der Waals surface area (Å²) in [5, 5.41) is 11.1. The van der Waals surface area contributed by atoms with Gasteiger partial charge < -0.3 is 5.73 Å². The Bertz CT molecular complexity index is 1010. The molecular formula is C17H15N5O2. The van der Waals surface area contributed by atoms with Gasteiger partial charge in [-0.2, -0.15) is 10.2 Å². The number of benzene rings is 2. The molecule has 3 aromatic rings. The summed E-state index contributed by atoms with van der Waals surface area (Å²) in [5.41, 5.74) is 9.96. The Morgan fingerprint density at radius 2 is 1.92 bits per heavy atom. The predicted octanol–water partition coefficient (Wildman–Crippen LogP) is 1.66. The second-order valence-corrected chi connectivity index (χ2v) is 5.21. The van der Waals surface area contributed by atoms with Crippen LogP contribution in [0.4, 0.5) is 5.69 Å². The van der Waals surface area contributed by atoms with Crippen molar-refractivity contribution in [3.63, 3.8) is 0 Å². The zero-order chi connectivity index (χ0) is 17.1. The molecule has 0 saturated heterocycles. The number of nitrogens with two attached hydrogens (primary N) is 1. The second kappa shape index (κ2) is 6.33. The number of H-pyrrole nitrogens is 1. The van der Waals surface area contributed by atoms with Crippen LogP contribution in [0.15, 0.2) is 58.4 Å². The van der Waals surface area contributed by atoms with Gasteiger partial charge in [0.15, 0.2) is 5.69 Å². The zero-order valence-electron chi connectivity index (χ0n) is 12.9. The molecule has 1 aromatic heterocycles. The number of amides is 1. The molecule has 0 saturated carbocycles. The van der Waals surface area contributed by atoms with Crippen LogP contribution in [0.3, 0.4) is 0 Å². The van der Waals surface area contributed by atoms with Gasteiger partial charge >= 0.3 is 0 Å². The Hall–Kier alpha value is -3.48. The van der Waals surface area contributed by atoms with Gasteiger partial charge in [0.25, 0.3) is 11.5 Å². The van der Waals surface area contributed by atoms with Crippen molar-refractivity contribution in [1.29, 1.82) is 0 Å². The molecule has 3 rings (SSSR count). The number of hydrogen-bond acceptors (Lipinski definition) is 5. The molecule has 1 amide bonds. The van der Waals surface area contributed by atoms with Crippen LogP contribution in [0.2, 0.25) is 0 Å². The summed E-state index contributed by atoms with van der Waals surface area (Å²) < 4.78 is 0. The van der Waals surface area contributed by atoms with Crippen LogP contribution in [0.25, 0.3) is 10.8 Å². The molecule has 0 aliphatic carbocycles. The number of carbonyl (C=O) groups is 1. The highest BCUT2D eigenvalue weighted by Crippen LogP contribution is 2.12. The molecule has 24 heavy (non-hydrogen) atoms. The molecule has 0 aliphatic rings. The minimum absolute atomic E-state index is 0.106. The monoisotopic (exact) mass is 321 g/mol. The summed E-state index contributed by atoms with van der Waals surface area (Å²) in [6.07, 6.45) is 0. The fourth-order valence-electron chi connectivity index (χ4n) is 2.30. The number of fused-ring (bicyclic) bond motifs is 1. The third-order valence-corrected chi connectivity index (χ3v) is 3.54. The zero-order valence-corrected chi connectivity index (χ0v) is 12.9. The molecule has 120 valence electrons. The van der Waals surface area contributed by atoms with Crippen LogP contribution in [0.5, 0.6) is 0 Å². The van der Waals surface area contributed by atoms with E-state index < -0.39 is 5.91 Å². The van der Waals surface area contributed by atoms with Crippen molar-refractivity contribution in [3.8, 4) is 0 Å². The molecule has 4 N–H and O–H groups in total. The first-order chi connectivity index (χ1) is 11.6. The number of rotatable bonds is 3. The van der Waals surface area contributed by atoms with Crippen LogP contribution in [-0.2, 0) is 0 Å². The van der Waals surface area contributed by atoms with E-state index >= 15 is 0 Å². The van der Waals surface area contributed by atoms with Crippen molar-refractivity contribution >= 4 is 28.1 Å². The summed E-state index contributed by atoms with van der Waals surface area (Å²) in [4.78, 5) is 24.1. The van der Waals surface area contributed by atoms with Crippen LogP contribution in [0.1, 0.15) is 23.0 Å². The molecule has 7 nitrogen and oxygen atoms in total. The van der Waals surface area contributed by atoms with E-state index in [9.17, 15) is 9.59 Å². The number of aromatic nitrogens is 2. The summed E-state index contributed by atoms with van der Waals surface area (Å²) >= 11 is 0. The van der Waals surface area contributed by atoms with E-state index in [0.717, 1.165) is 5.56 Å².